The van der Waals surface area contributed by atoms with Crippen molar-refractivity contribution in [3.63, 3.8) is 0 Å². The van der Waals surface area contributed by atoms with Crippen LogP contribution in [0.4, 0.5) is 51.2 Å². The van der Waals surface area contributed by atoms with Gasteiger partial charge in [0.25, 0.3) is 0 Å². The van der Waals surface area contributed by atoms with Crippen LogP contribution in [-0.4, -0.2) is 0 Å². The van der Waals surface area contributed by atoms with E-state index in [2.05, 4.69) is 272 Å². The van der Waals surface area contributed by atoms with Crippen LogP contribution in [0, 0.1) is 20.8 Å². The van der Waals surface area contributed by atoms with Crippen LogP contribution in [0.1, 0.15) is 39.3 Å². The molecule has 3 nitrogen and oxygen atoms in total. The lowest BCUT2D eigenvalue weighted by Gasteiger charge is -2.30. The van der Waals surface area contributed by atoms with Gasteiger partial charge in [-0.2, -0.15) is 0 Å². The number of anilines is 9. The zero-order chi connectivity index (χ0) is 41.5. The summed E-state index contributed by atoms with van der Waals surface area (Å²) in [6.45, 7) is 6.46. The second kappa shape index (κ2) is 17.7. The highest BCUT2D eigenvalue weighted by atomic mass is 15.2. The fraction of sp³-hybridized carbons (Fsp3) is 0.0690. The summed E-state index contributed by atoms with van der Waals surface area (Å²) in [5.74, 6) is 0.110. The van der Waals surface area contributed by atoms with Crippen molar-refractivity contribution < 1.29 is 0 Å². The zero-order valence-corrected chi connectivity index (χ0v) is 34.9. The summed E-state index contributed by atoms with van der Waals surface area (Å²) < 4.78 is 0. The van der Waals surface area contributed by atoms with Crippen LogP contribution in [0.2, 0.25) is 0 Å². The molecule has 1 unspecified atom stereocenters. The van der Waals surface area contributed by atoms with Gasteiger partial charge >= 0.3 is 0 Å². The number of hydrogen-bond acceptors (Lipinski definition) is 3. The molecule has 0 aliphatic heterocycles. The van der Waals surface area contributed by atoms with E-state index in [-0.39, 0.29) is 5.92 Å². The highest BCUT2D eigenvalue weighted by Crippen LogP contribution is 2.42. The van der Waals surface area contributed by atoms with Crippen molar-refractivity contribution in [2.75, 3.05) is 14.7 Å². The molecule has 0 spiro atoms. The Balaban J connectivity index is 1.14. The molecule has 0 aliphatic rings. The Kier molecular flexibility index (Phi) is 11.3. The number of benzene rings is 9. The first-order valence-corrected chi connectivity index (χ1v) is 21.0. The lowest BCUT2D eigenvalue weighted by molar-refractivity contribution is 0.974. The van der Waals surface area contributed by atoms with E-state index in [1.165, 1.54) is 33.4 Å². The lowest BCUT2D eigenvalue weighted by atomic mass is 9.84. The molecule has 9 aromatic rings. The Morgan fingerprint density at radius 2 is 0.508 bits per heavy atom. The average molecular weight is 788 g/mol. The van der Waals surface area contributed by atoms with Gasteiger partial charge < -0.3 is 14.7 Å². The van der Waals surface area contributed by atoms with Crippen molar-refractivity contribution in [3.8, 4) is 0 Å². The minimum Gasteiger partial charge on any atom is -0.311 e. The van der Waals surface area contributed by atoms with Crippen molar-refractivity contribution in [1.29, 1.82) is 0 Å². The number of aryl methyl sites for hydroxylation is 3. The van der Waals surface area contributed by atoms with Gasteiger partial charge in [-0.05, 0) is 158 Å². The smallest absolute Gasteiger partial charge is 0.0464 e. The molecule has 0 saturated heterocycles. The maximum Gasteiger partial charge on any atom is 0.0464 e. The Morgan fingerprint density at radius 3 is 0.902 bits per heavy atom. The molecule has 0 radical (unpaired) electrons. The normalized spacial score (nSPS) is 11.5. The minimum absolute atomic E-state index is 0.110. The van der Waals surface area contributed by atoms with Crippen molar-refractivity contribution in [2.24, 2.45) is 0 Å². The number of nitrogens with zero attached hydrogens (tertiary/aromatic N) is 3. The van der Waals surface area contributed by atoms with Gasteiger partial charge in [-0.3, -0.25) is 0 Å². The predicted octanol–water partition coefficient (Wildman–Crippen LogP) is 16.2. The molecule has 1 atom stereocenters. The SMILES string of the molecule is Cc1cccc(C(c2ccccc2)c2ccc(N(c3ccc(N(c4ccccc4)c4cccc(C)c4)cc3)c3ccc(N(c4ccccc4)c4cccc(C)c4)cc3)cc2)c1. The third-order valence-corrected chi connectivity index (χ3v) is 11.3. The minimum atomic E-state index is 0.110. The fourth-order valence-electron chi connectivity index (χ4n) is 8.42. The van der Waals surface area contributed by atoms with Gasteiger partial charge in [-0.15, -0.1) is 0 Å². The van der Waals surface area contributed by atoms with Crippen LogP contribution < -0.4 is 14.7 Å². The van der Waals surface area contributed by atoms with Crippen molar-refractivity contribution in [1.82, 2.24) is 0 Å². The zero-order valence-electron chi connectivity index (χ0n) is 34.9. The van der Waals surface area contributed by atoms with E-state index in [1.54, 1.807) is 0 Å². The quantitative estimate of drug-likeness (QED) is 0.114. The topological polar surface area (TPSA) is 9.72 Å². The number of hydrogen-bond donors (Lipinski definition) is 0. The first-order valence-electron chi connectivity index (χ1n) is 21.0. The molecule has 0 N–H and O–H groups in total. The summed E-state index contributed by atoms with van der Waals surface area (Å²) in [5.41, 5.74) is 17.4. The Bertz CT molecular complexity index is 2500. The molecule has 0 amide bonds. The van der Waals surface area contributed by atoms with Crippen molar-refractivity contribution >= 4 is 51.2 Å². The monoisotopic (exact) mass is 787 g/mol. The first kappa shape index (κ1) is 38.9. The predicted molar refractivity (Wildman–Crippen MR) is 259 cm³/mol. The highest BCUT2D eigenvalue weighted by Gasteiger charge is 2.21. The molecule has 9 aromatic carbocycles. The van der Waals surface area contributed by atoms with E-state index < -0.39 is 0 Å². The van der Waals surface area contributed by atoms with Gasteiger partial charge in [0.05, 0.1) is 0 Å². The largest absolute Gasteiger partial charge is 0.311 e. The maximum atomic E-state index is 2.36. The molecule has 9 rings (SSSR count). The van der Waals surface area contributed by atoms with Gasteiger partial charge in [0.2, 0.25) is 0 Å². The van der Waals surface area contributed by atoms with Crippen molar-refractivity contribution in [3.05, 3.63) is 270 Å². The molecule has 296 valence electrons. The Morgan fingerprint density at radius 1 is 0.230 bits per heavy atom. The average Bonchev–Trinajstić information content (AvgIpc) is 3.30. The first-order chi connectivity index (χ1) is 30.0. The van der Waals surface area contributed by atoms with Crippen LogP contribution in [0.25, 0.3) is 0 Å². The number of rotatable bonds is 12. The molecular formula is C58H49N3. The van der Waals surface area contributed by atoms with E-state index in [0.29, 0.717) is 0 Å². The van der Waals surface area contributed by atoms with E-state index >= 15 is 0 Å². The second-order valence-electron chi connectivity index (χ2n) is 15.7. The molecule has 0 aromatic heterocycles. The van der Waals surface area contributed by atoms with E-state index in [0.717, 1.165) is 51.2 Å². The molecule has 61 heavy (non-hydrogen) atoms. The number of para-hydroxylation sites is 2. The van der Waals surface area contributed by atoms with Crippen LogP contribution in [0.3, 0.4) is 0 Å². The molecule has 0 saturated carbocycles. The molecule has 0 heterocycles. The molecule has 3 heteroatoms. The van der Waals surface area contributed by atoms with Crippen molar-refractivity contribution in [2.45, 2.75) is 26.7 Å². The third kappa shape index (κ3) is 8.59. The van der Waals surface area contributed by atoms with Gasteiger partial charge in [-0.1, -0.05) is 133 Å². The van der Waals surface area contributed by atoms with Crippen LogP contribution >= 0.6 is 0 Å². The molecular weight excluding hydrogens is 739 g/mol. The highest BCUT2D eigenvalue weighted by molar-refractivity contribution is 5.83. The lowest BCUT2D eigenvalue weighted by Crippen LogP contribution is -2.13. The van der Waals surface area contributed by atoms with E-state index in [9.17, 15) is 0 Å². The molecule has 0 aliphatic carbocycles. The summed E-state index contributed by atoms with van der Waals surface area (Å²) in [6, 6.07) is 85.4. The van der Waals surface area contributed by atoms with E-state index in [4.69, 9.17) is 0 Å². The van der Waals surface area contributed by atoms with Crippen LogP contribution in [0.15, 0.2) is 237 Å². The van der Waals surface area contributed by atoms with Gasteiger partial charge in [-0.25, -0.2) is 0 Å². The van der Waals surface area contributed by atoms with Crippen LogP contribution in [-0.2, 0) is 0 Å². The van der Waals surface area contributed by atoms with Gasteiger partial charge in [0, 0.05) is 57.1 Å². The van der Waals surface area contributed by atoms with Gasteiger partial charge in [0.15, 0.2) is 0 Å². The van der Waals surface area contributed by atoms with Crippen LogP contribution in [0.5, 0.6) is 0 Å². The Labute approximate surface area is 361 Å². The summed E-state index contributed by atoms with van der Waals surface area (Å²) >= 11 is 0. The summed E-state index contributed by atoms with van der Waals surface area (Å²) in [5, 5.41) is 0. The summed E-state index contributed by atoms with van der Waals surface area (Å²) in [6.07, 6.45) is 0. The summed E-state index contributed by atoms with van der Waals surface area (Å²) in [4.78, 5) is 7.01. The third-order valence-electron chi connectivity index (χ3n) is 11.3. The molecule has 0 bridgehead atoms. The summed E-state index contributed by atoms with van der Waals surface area (Å²) in [7, 11) is 0. The van der Waals surface area contributed by atoms with E-state index in [1.807, 2.05) is 0 Å². The molecule has 0 fully saturated rings. The fourth-order valence-corrected chi connectivity index (χ4v) is 8.42. The second-order valence-corrected chi connectivity index (χ2v) is 15.7. The maximum absolute atomic E-state index is 2.36. The van der Waals surface area contributed by atoms with Gasteiger partial charge in [0.1, 0.15) is 0 Å². The Hall–Kier alpha value is -7.62. The standard InChI is InChI=1S/C58H49N3/c1-43-16-13-21-48(40-43)58(46-19-7-4-8-20-46)47-28-30-51(31-29-47)59(52-32-36-54(37-33-52)60(49-22-9-5-10-23-49)56-26-14-17-44(2)41-56)53-34-38-55(39-35-53)61(50-24-11-6-12-25-50)57-27-15-18-45(3)42-57/h4-42,58H,1-3H3.